The molecule has 0 atom stereocenters. The van der Waals surface area contributed by atoms with Gasteiger partial charge in [0.15, 0.2) is 11.5 Å². The molecule has 32 heavy (non-hydrogen) atoms. The van der Waals surface area contributed by atoms with Crippen LogP contribution in [0.4, 0.5) is 0 Å². The summed E-state index contributed by atoms with van der Waals surface area (Å²) in [6, 6.07) is 13.0. The zero-order valence-corrected chi connectivity index (χ0v) is 19.7. The highest BCUT2D eigenvalue weighted by Gasteiger charge is 2.31. The van der Waals surface area contributed by atoms with Gasteiger partial charge in [-0.3, -0.25) is 9.69 Å². The molecule has 8 heteroatoms. The number of carbonyl (C=O) groups excluding carboxylic acids is 1. The molecule has 0 unspecified atom stereocenters. The van der Waals surface area contributed by atoms with Gasteiger partial charge < -0.3 is 18.9 Å². The first kappa shape index (κ1) is 23.7. The van der Waals surface area contributed by atoms with Gasteiger partial charge in [-0.05, 0) is 42.8 Å². The summed E-state index contributed by atoms with van der Waals surface area (Å²) >= 11 is 6.57. The molecule has 1 heterocycles. The maximum Gasteiger partial charge on any atom is 0.266 e. The Hall–Kier alpha value is -2.97. The van der Waals surface area contributed by atoms with Crippen molar-refractivity contribution < 1.29 is 23.7 Å². The van der Waals surface area contributed by atoms with Crippen LogP contribution in [-0.2, 0) is 4.79 Å². The van der Waals surface area contributed by atoms with E-state index in [1.165, 1.54) is 16.7 Å². The molecule has 3 rings (SSSR count). The number of hydrogen-bond acceptors (Lipinski definition) is 7. The minimum Gasteiger partial charge on any atom is -0.497 e. The van der Waals surface area contributed by atoms with Gasteiger partial charge in [0.05, 0.1) is 18.6 Å². The Labute approximate surface area is 197 Å². The molecule has 0 radical (unpaired) electrons. The molecule has 2 aromatic rings. The fourth-order valence-corrected chi connectivity index (χ4v) is 4.22. The number of thioether (sulfide) groups is 1. The van der Waals surface area contributed by atoms with E-state index in [4.69, 9.17) is 31.2 Å². The third-order valence-corrected chi connectivity index (χ3v) is 5.78. The van der Waals surface area contributed by atoms with Gasteiger partial charge in [-0.1, -0.05) is 42.2 Å². The van der Waals surface area contributed by atoms with Crippen molar-refractivity contribution >= 4 is 40.3 Å². The van der Waals surface area contributed by atoms with Crippen LogP contribution in [0.15, 0.2) is 60.0 Å². The average molecular weight is 472 g/mol. The highest BCUT2D eigenvalue weighted by molar-refractivity contribution is 8.26. The Morgan fingerprint density at radius 2 is 1.84 bits per heavy atom. The number of benzene rings is 2. The summed E-state index contributed by atoms with van der Waals surface area (Å²) in [6.45, 7) is 7.18. The Morgan fingerprint density at radius 1 is 1.06 bits per heavy atom. The number of carbonyl (C=O) groups is 1. The number of thiocarbonyl (C=S) groups is 1. The van der Waals surface area contributed by atoms with Gasteiger partial charge in [-0.25, -0.2) is 0 Å². The topological polar surface area (TPSA) is 57.2 Å². The smallest absolute Gasteiger partial charge is 0.266 e. The lowest BCUT2D eigenvalue weighted by Gasteiger charge is -2.13. The van der Waals surface area contributed by atoms with Crippen molar-refractivity contribution in [3.8, 4) is 23.0 Å². The Kier molecular flexibility index (Phi) is 8.58. The zero-order valence-electron chi connectivity index (χ0n) is 18.0. The molecule has 0 aromatic heterocycles. The molecule has 0 bridgehead atoms. The van der Waals surface area contributed by atoms with E-state index in [2.05, 4.69) is 6.58 Å². The van der Waals surface area contributed by atoms with Gasteiger partial charge in [0.25, 0.3) is 5.91 Å². The maximum atomic E-state index is 12.5. The summed E-state index contributed by atoms with van der Waals surface area (Å²) in [6.07, 6.45) is 3.46. The lowest BCUT2D eigenvalue weighted by molar-refractivity contribution is -0.121. The van der Waals surface area contributed by atoms with E-state index in [0.29, 0.717) is 52.8 Å². The van der Waals surface area contributed by atoms with Crippen molar-refractivity contribution in [2.24, 2.45) is 0 Å². The van der Waals surface area contributed by atoms with Gasteiger partial charge in [0.1, 0.15) is 29.0 Å². The maximum absolute atomic E-state index is 12.5. The molecule has 1 aliphatic heterocycles. The summed E-state index contributed by atoms with van der Waals surface area (Å²) in [4.78, 5) is 14.6. The second-order valence-corrected chi connectivity index (χ2v) is 8.27. The van der Waals surface area contributed by atoms with E-state index in [1.807, 2.05) is 49.4 Å². The quantitative estimate of drug-likeness (QED) is 0.199. The van der Waals surface area contributed by atoms with Gasteiger partial charge >= 0.3 is 0 Å². The van der Waals surface area contributed by atoms with Crippen molar-refractivity contribution in [3.63, 3.8) is 0 Å². The van der Waals surface area contributed by atoms with Crippen molar-refractivity contribution in [1.82, 2.24) is 4.90 Å². The van der Waals surface area contributed by atoms with E-state index >= 15 is 0 Å². The Bertz CT molecular complexity index is 1020. The number of amides is 1. The number of rotatable bonds is 11. The summed E-state index contributed by atoms with van der Waals surface area (Å²) in [7, 11) is 1.61. The highest BCUT2D eigenvalue weighted by atomic mass is 32.2. The largest absolute Gasteiger partial charge is 0.497 e. The SMILES string of the molecule is C=CCN1C(=O)/C(=C\c2ccc(OCCOc3cccc(OC)c3)c(OCC)c2)SC1=S. The van der Waals surface area contributed by atoms with Crippen molar-refractivity contribution in [2.75, 3.05) is 33.5 Å². The molecule has 1 aliphatic rings. The lowest BCUT2D eigenvalue weighted by atomic mass is 10.2. The standard InChI is InChI=1S/C24H25NO5S2/c1-4-11-25-23(26)22(32-24(25)31)15-17-9-10-20(21(14-17)28-5-2)30-13-12-29-19-8-6-7-18(16-19)27-3/h4,6-10,14-16H,1,5,11-13H2,2-3H3/b22-15+. The third-order valence-electron chi connectivity index (χ3n) is 4.40. The van der Waals surface area contributed by atoms with Crippen LogP contribution in [0.5, 0.6) is 23.0 Å². The normalized spacial score (nSPS) is 14.6. The predicted octanol–water partition coefficient (Wildman–Crippen LogP) is 4.94. The van der Waals surface area contributed by atoms with Gasteiger partial charge in [0, 0.05) is 12.6 Å². The van der Waals surface area contributed by atoms with Crippen molar-refractivity contribution in [3.05, 3.63) is 65.6 Å². The second kappa shape index (κ2) is 11.6. The minimum atomic E-state index is -0.118. The van der Waals surface area contributed by atoms with Gasteiger partial charge in [0.2, 0.25) is 0 Å². The van der Waals surface area contributed by atoms with Crippen LogP contribution in [-0.4, -0.2) is 48.6 Å². The van der Waals surface area contributed by atoms with E-state index in [1.54, 1.807) is 19.3 Å². The summed E-state index contributed by atoms with van der Waals surface area (Å²) in [5, 5.41) is 0. The van der Waals surface area contributed by atoms with Crippen molar-refractivity contribution in [1.29, 1.82) is 0 Å². The van der Waals surface area contributed by atoms with Crippen LogP contribution < -0.4 is 18.9 Å². The van der Waals surface area contributed by atoms with Crippen LogP contribution in [0.3, 0.4) is 0 Å². The van der Waals surface area contributed by atoms with Gasteiger partial charge in [-0.15, -0.1) is 6.58 Å². The summed E-state index contributed by atoms with van der Waals surface area (Å²) in [5.41, 5.74) is 0.826. The molecule has 1 fully saturated rings. The van der Waals surface area contributed by atoms with Crippen molar-refractivity contribution in [2.45, 2.75) is 6.92 Å². The molecular weight excluding hydrogens is 446 g/mol. The van der Waals surface area contributed by atoms with Crippen LogP contribution in [0.1, 0.15) is 12.5 Å². The average Bonchev–Trinajstić information content (AvgIpc) is 3.06. The summed E-state index contributed by atoms with van der Waals surface area (Å²) in [5.74, 6) is 2.54. The zero-order chi connectivity index (χ0) is 22.9. The number of methoxy groups -OCH3 is 1. The molecular formula is C24H25NO5S2. The van der Waals surface area contributed by atoms with E-state index in [-0.39, 0.29) is 5.91 Å². The van der Waals surface area contributed by atoms with Crippen LogP contribution in [0.2, 0.25) is 0 Å². The molecule has 0 aliphatic carbocycles. The van der Waals surface area contributed by atoms with E-state index in [0.717, 1.165) is 11.3 Å². The highest BCUT2D eigenvalue weighted by Crippen LogP contribution is 2.34. The molecule has 168 valence electrons. The third kappa shape index (κ3) is 6.05. The molecule has 0 saturated carbocycles. The molecule has 1 amide bonds. The monoisotopic (exact) mass is 471 g/mol. The lowest BCUT2D eigenvalue weighted by Crippen LogP contribution is -2.27. The Balaban J connectivity index is 1.64. The van der Waals surface area contributed by atoms with Crippen LogP contribution in [0.25, 0.3) is 6.08 Å². The number of hydrogen-bond donors (Lipinski definition) is 0. The summed E-state index contributed by atoms with van der Waals surface area (Å²) < 4.78 is 23.0. The second-order valence-electron chi connectivity index (χ2n) is 6.60. The fraction of sp³-hybridized carbons (Fsp3) is 0.250. The van der Waals surface area contributed by atoms with Crippen LogP contribution >= 0.6 is 24.0 Å². The first-order chi connectivity index (χ1) is 15.5. The first-order valence-corrected chi connectivity index (χ1v) is 11.3. The molecule has 2 aromatic carbocycles. The van der Waals surface area contributed by atoms with Gasteiger partial charge in [-0.2, -0.15) is 0 Å². The predicted molar refractivity (Wildman–Crippen MR) is 132 cm³/mol. The molecule has 0 N–H and O–H groups in total. The number of nitrogens with zero attached hydrogens (tertiary/aromatic N) is 1. The Morgan fingerprint density at radius 3 is 2.59 bits per heavy atom. The fourth-order valence-electron chi connectivity index (χ4n) is 2.94. The molecule has 0 spiro atoms. The van der Waals surface area contributed by atoms with E-state index in [9.17, 15) is 4.79 Å². The number of ether oxygens (including phenoxy) is 4. The van der Waals surface area contributed by atoms with E-state index < -0.39 is 0 Å². The van der Waals surface area contributed by atoms with Crippen LogP contribution in [0, 0.1) is 0 Å². The molecule has 1 saturated heterocycles. The molecule has 6 nitrogen and oxygen atoms in total. The minimum absolute atomic E-state index is 0.118. The first-order valence-electron chi connectivity index (χ1n) is 10.1.